The lowest BCUT2D eigenvalue weighted by molar-refractivity contribution is -1.02. The van der Waals surface area contributed by atoms with E-state index in [0.29, 0.717) is 16.1 Å². The Hall–Kier alpha value is -2.64. The average molecular weight is 648 g/mol. The van der Waals surface area contributed by atoms with Gasteiger partial charge in [0.25, 0.3) is 5.91 Å². The zero-order valence-corrected chi connectivity index (χ0v) is 24.5. The summed E-state index contributed by atoms with van der Waals surface area (Å²) < 4.78 is 39.2. The lowest BCUT2D eigenvalue weighted by atomic mass is 10.1. The predicted octanol–water partition coefficient (Wildman–Crippen LogP) is 0.386. The number of rotatable bonds is 10. The lowest BCUT2D eigenvalue weighted by Gasteiger charge is -2.46. The molecule has 15 nitrogen and oxygen atoms in total. The molecule has 3 heterocycles. The minimum Gasteiger partial charge on any atom is -0.507 e. The number of amides is 1. The summed E-state index contributed by atoms with van der Waals surface area (Å²) in [4.78, 5) is 21.3. The van der Waals surface area contributed by atoms with Crippen LogP contribution in [0.25, 0.3) is 0 Å². The van der Waals surface area contributed by atoms with Gasteiger partial charge in [0.05, 0.1) is 31.8 Å². The number of halogens is 1. The summed E-state index contributed by atoms with van der Waals surface area (Å²) in [6, 6.07) is 5.37. The Balaban J connectivity index is 1.49. The first kappa shape index (κ1) is 30.3. The Morgan fingerprint density at radius 3 is 2.48 bits per heavy atom. The molecule has 0 aliphatic carbocycles. The Bertz CT molecular complexity index is 1370. The highest BCUT2D eigenvalue weighted by atomic mass is 79.9. The van der Waals surface area contributed by atoms with Gasteiger partial charge in [-0.05, 0) is 48.8 Å². The van der Waals surface area contributed by atoms with Gasteiger partial charge in [0.15, 0.2) is 22.9 Å². The van der Waals surface area contributed by atoms with E-state index in [9.17, 15) is 28.5 Å². The van der Waals surface area contributed by atoms with Crippen molar-refractivity contribution < 1.29 is 42.0 Å². The SMILES string of the molecule is CC[N+](CC)(CC)N1C=Nc2c(nc(Br)n2[C@@H]2O[C@H](COS(=O)(=O)NC(=O)c3ccccc3O)C(O)C2O)C1N. The van der Waals surface area contributed by atoms with Gasteiger partial charge in [0, 0.05) is 0 Å². The fourth-order valence-corrected chi connectivity index (χ4v) is 6.18. The van der Waals surface area contributed by atoms with E-state index in [1.165, 1.54) is 28.8 Å². The number of hydrogen-bond acceptors (Lipinski definition) is 12. The molecular formula is C23H33BrN7O8S+. The minimum absolute atomic E-state index is 0.231. The number of para-hydroxylation sites is 1. The number of phenolic OH excluding ortho intramolecular Hbond substituents is 1. The maximum absolute atomic E-state index is 12.4. The van der Waals surface area contributed by atoms with Gasteiger partial charge >= 0.3 is 10.3 Å². The van der Waals surface area contributed by atoms with Crippen LogP contribution in [0.15, 0.2) is 34.0 Å². The Morgan fingerprint density at radius 2 is 1.85 bits per heavy atom. The highest BCUT2D eigenvalue weighted by Crippen LogP contribution is 2.41. The van der Waals surface area contributed by atoms with E-state index in [2.05, 4.69) is 46.7 Å². The van der Waals surface area contributed by atoms with Gasteiger partial charge in [0.2, 0.25) is 0 Å². The molecule has 5 atom stereocenters. The van der Waals surface area contributed by atoms with Crippen LogP contribution in [0.1, 0.15) is 49.2 Å². The zero-order valence-electron chi connectivity index (χ0n) is 22.1. The van der Waals surface area contributed by atoms with E-state index in [-0.39, 0.29) is 10.3 Å². The topological polar surface area (TPSA) is 202 Å². The summed E-state index contributed by atoms with van der Waals surface area (Å²) in [5.41, 5.74) is 6.74. The van der Waals surface area contributed by atoms with Crippen LogP contribution >= 0.6 is 15.9 Å². The largest absolute Gasteiger partial charge is 0.507 e. The fourth-order valence-electron chi connectivity index (χ4n) is 4.91. The van der Waals surface area contributed by atoms with Crippen LogP contribution in [0, 0.1) is 0 Å². The van der Waals surface area contributed by atoms with E-state index in [1.54, 1.807) is 11.1 Å². The molecule has 1 fully saturated rings. The lowest BCUT2D eigenvalue weighted by Crippen LogP contribution is -2.62. The summed E-state index contributed by atoms with van der Waals surface area (Å²) in [5.74, 6) is -1.23. The molecule has 1 aromatic carbocycles. The molecule has 40 heavy (non-hydrogen) atoms. The maximum Gasteiger partial charge on any atom is 0.362 e. The van der Waals surface area contributed by atoms with Gasteiger partial charge in [-0.15, -0.1) is 0 Å². The molecular weight excluding hydrogens is 614 g/mol. The molecule has 4 rings (SSSR count). The summed E-state index contributed by atoms with van der Waals surface area (Å²) >= 11 is 3.36. The third-order valence-corrected chi connectivity index (χ3v) is 8.77. The molecule has 1 aromatic heterocycles. The molecule has 17 heteroatoms. The van der Waals surface area contributed by atoms with Crippen molar-refractivity contribution in [1.82, 2.24) is 19.3 Å². The summed E-state index contributed by atoms with van der Waals surface area (Å²) in [6.45, 7) is 7.77. The predicted molar refractivity (Wildman–Crippen MR) is 145 cm³/mol. The number of aliphatic hydroxyl groups excluding tert-OH is 2. The van der Waals surface area contributed by atoms with Crippen molar-refractivity contribution in [3.8, 4) is 5.75 Å². The highest BCUT2D eigenvalue weighted by molar-refractivity contribution is 9.10. The van der Waals surface area contributed by atoms with Crippen molar-refractivity contribution >= 4 is 44.3 Å². The van der Waals surface area contributed by atoms with Crippen LogP contribution < -0.4 is 10.5 Å². The molecule has 0 saturated carbocycles. The molecule has 2 aliphatic heterocycles. The standard InChI is InChI=1S/C23H32BrN7O8S/c1-4-31(5-2,6-3)29-12-26-20-16(19(29)25)27-23(24)30(20)22-18(34)17(33)15(39-22)11-38-40(36,37)28-21(35)13-9-7-8-10-14(13)32/h7-10,12,15,17-19,22,33-34H,4-6,11,25H2,1-3H3,(H-,28,32,35)/p+1/t15-,17?,18?,19?,22-/m1/s1. The average Bonchev–Trinajstić information content (AvgIpc) is 3.40. The second kappa shape index (κ2) is 11.7. The number of imidazole rings is 1. The summed E-state index contributed by atoms with van der Waals surface area (Å²) in [5, 5.41) is 33.1. The first-order valence-electron chi connectivity index (χ1n) is 12.6. The van der Waals surface area contributed by atoms with Crippen LogP contribution in [0.3, 0.4) is 0 Å². The molecule has 1 saturated heterocycles. The number of aliphatic hydroxyl groups is 2. The first-order valence-corrected chi connectivity index (χ1v) is 14.8. The third-order valence-electron chi connectivity index (χ3n) is 7.33. The number of hydrogen-bond donors (Lipinski definition) is 5. The van der Waals surface area contributed by atoms with E-state index in [4.69, 9.17) is 14.7 Å². The molecule has 3 unspecified atom stereocenters. The van der Waals surface area contributed by atoms with E-state index < -0.39 is 59.3 Å². The van der Waals surface area contributed by atoms with Gasteiger partial charge in [-0.25, -0.2) is 19.3 Å². The normalized spacial score (nSPS) is 24.8. The number of quaternary nitrogens is 1. The highest BCUT2D eigenvalue weighted by Gasteiger charge is 2.48. The number of benzene rings is 1. The number of carbonyl (C=O) groups is 1. The molecule has 0 radical (unpaired) electrons. The molecule has 0 spiro atoms. The second-order valence-corrected chi connectivity index (χ2v) is 11.4. The van der Waals surface area contributed by atoms with E-state index in [1.807, 2.05) is 5.01 Å². The van der Waals surface area contributed by atoms with Gasteiger partial charge in [-0.3, -0.25) is 13.5 Å². The first-order chi connectivity index (χ1) is 18.9. The van der Waals surface area contributed by atoms with Crippen LogP contribution in [0.5, 0.6) is 5.75 Å². The third kappa shape index (κ3) is 5.47. The number of nitrogens with two attached hydrogens (primary N) is 1. The number of aromatic nitrogens is 2. The summed E-state index contributed by atoms with van der Waals surface area (Å²) in [7, 11) is -4.66. The quantitative estimate of drug-likeness (QED) is 0.223. The maximum atomic E-state index is 12.4. The number of nitrogens with one attached hydrogen (secondary N) is 1. The molecule has 1 amide bonds. The Kier molecular flexibility index (Phi) is 8.86. The Morgan fingerprint density at radius 1 is 1.20 bits per heavy atom. The number of ether oxygens (including phenoxy) is 1. The second-order valence-electron chi connectivity index (χ2n) is 9.31. The van der Waals surface area contributed by atoms with Crippen LogP contribution in [-0.4, -0.2) is 99.7 Å². The smallest absolute Gasteiger partial charge is 0.362 e. The monoisotopic (exact) mass is 646 g/mol. The zero-order chi connectivity index (χ0) is 29.4. The molecule has 220 valence electrons. The fraction of sp³-hybridized carbons (Fsp3) is 0.522. The van der Waals surface area contributed by atoms with Gasteiger partial charge in [-0.1, -0.05) is 12.1 Å². The molecule has 2 aliphatic rings. The van der Waals surface area contributed by atoms with Crippen molar-refractivity contribution in [1.29, 1.82) is 0 Å². The molecule has 0 bridgehead atoms. The van der Waals surface area contributed by atoms with Crippen LogP contribution in [0.2, 0.25) is 0 Å². The summed E-state index contributed by atoms with van der Waals surface area (Å²) in [6.07, 6.45) is -4.63. The number of aliphatic imine (C=N–C) groups is 1. The van der Waals surface area contributed by atoms with Gasteiger partial charge < -0.3 is 25.8 Å². The van der Waals surface area contributed by atoms with Crippen molar-refractivity contribution in [2.45, 2.75) is 51.5 Å². The molecule has 2 aromatic rings. The van der Waals surface area contributed by atoms with Gasteiger partial charge in [0.1, 0.15) is 36.1 Å². The van der Waals surface area contributed by atoms with Crippen molar-refractivity contribution in [3.05, 3.63) is 40.3 Å². The number of phenols is 1. The van der Waals surface area contributed by atoms with Gasteiger partial charge in [-0.2, -0.15) is 13.4 Å². The van der Waals surface area contributed by atoms with Crippen LogP contribution in [-0.2, 0) is 19.2 Å². The minimum atomic E-state index is -4.66. The number of fused-ring (bicyclic) bond motifs is 1. The van der Waals surface area contributed by atoms with Crippen LogP contribution in [0.4, 0.5) is 5.82 Å². The van der Waals surface area contributed by atoms with Crippen molar-refractivity contribution in [2.75, 3.05) is 26.2 Å². The number of carbonyl (C=O) groups excluding carboxylic acids is 1. The number of aromatic hydroxyl groups is 1. The van der Waals surface area contributed by atoms with Crippen molar-refractivity contribution in [3.63, 3.8) is 0 Å². The number of nitrogens with zero attached hydrogens (tertiary/aromatic N) is 5. The molecule has 6 N–H and O–H groups in total. The van der Waals surface area contributed by atoms with E-state index in [0.717, 1.165) is 19.6 Å². The van der Waals surface area contributed by atoms with E-state index >= 15 is 0 Å². The Labute approximate surface area is 239 Å². The van der Waals surface area contributed by atoms with Crippen molar-refractivity contribution in [2.24, 2.45) is 10.7 Å².